The van der Waals surface area contributed by atoms with E-state index in [-0.39, 0.29) is 6.54 Å². The van der Waals surface area contributed by atoms with Crippen molar-refractivity contribution in [2.45, 2.75) is 38.8 Å². The van der Waals surface area contributed by atoms with Crippen LogP contribution < -0.4 is 19.7 Å². The minimum Gasteiger partial charge on any atom is -0.496 e. The molecule has 7 nitrogen and oxygen atoms in total. The summed E-state index contributed by atoms with van der Waals surface area (Å²) in [6, 6.07) is 10.8. The van der Waals surface area contributed by atoms with Crippen LogP contribution in [0, 0.1) is 0 Å². The molecule has 0 spiro atoms. The third-order valence-electron chi connectivity index (χ3n) is 4.77. The van der Waals surface area contributed by atoms with Crippen molar-refractivity contribution in [2.24, 2.45) is 0 Å². The van der Waals surface area contributed by atoms with Gasteiger partial charge in [0, 0.05) is 24.8 Å². The van der Waals surface area contributed by atoms with Gasteiger partial charge in [-0.25, -0.2) is 4.98 Å². The molecule has 1 unspecified atom stereocenters. The molecule has 0 bridgehead atoms. The Kier molecular flexibility index (Phi) is 5.82. The van der Waals surface area contributed by atoms with Crippen molar-refractivity contribution in [3.05, 3.63) is 48.2 Å². The second-order valence-electron chi connectivity index (χ2n) is 6.77. The topological polar surface area (TPSA) is 80.8 Å². The Morgan fingerprint density at radius 1 is 1.29 bits per heavy atom. The van der Waals surface area contributed by atoms with Crippen LogP contribution in [-0.4, -0.2) is 36.1 Å². The number of pyridine rings is 1. The summed E-state index contributed by atoms with van der Waals surface area (Å²) < 4.78 is 11.2. The first-order valence-electron chi connectivity index (χ1n) is 9.37. The van der Waals surface area contributed by atoms with Crippen molar-refractivity contribution in [2.75, 3.05) is 18.6 Å². The molecule has 7 heteroatoms. The fourth-order valence-electron chi connectivity index (χ4n) is 3.14. The molecule has 1 atom stereocenters. The van der Waals surface area contributed by atoms with Crippen LogP contribution in [0.25, 0.3) is 0 Å². The first kappa shape index (κ1) is 19.7. The lowest BCUT2D eigenvalue weighted by molar-refractivity contribution is -0.148. The number of anilines is 1. The molecule has 0 saturated carbocycles. The Morgan fingerprint density at radius 2 is 2.07 bits per heavy atom. The molecule has 2 heterocycles. The number of hydrogen-bond donors (Lipinski definition) is 1. The highest BCUT2D eigenvalue weighted by atomic mass is 16.5. The van der Waals surface area contributed by atoms with Gasteiger partial charge in [-0.1, -0.05) is 31.5 Å². The molecule has 0 fully saturated rings. The smallest absolute Gasteiger partial charge is 0.282 e. The number of rotatable bonds is 7. The largest absolute Gasteiger partial charge is 0.496 e. The fourth-order valence-corrected chi connectivity index (χ4v) is 3.14. The first-order chi connectivity index (χ1) is 13.5. The highest BCUT2D eigenvalue weighted by molar-refractivity contribution is 6.16. The van der Waals surface area contributed by atoms with Gasteiger partial charge in [0.2, 0.25) is 0 Å². The summed E-state index contributed by atoms with van der Waals surface area (Å²) in [6.07, 6.45) is 3.34. The number of fused-ring (bicyclic) bond motifs is 1. The number of carbonyl (C=O) groups excluding carboxylic acids is 2. The van der Waals surface area contributed by atoms with Crippen molar-refractivity contribution >= 4 is 17.6 Å². The van der Waals surface area contributed by atoms with Crippen LogP contribution in [0.1, 0.15) is 32.3 Å². The third-order valence-corrected chi connectivity index (χ3v) is 4.77. The molecule has 1 N–H and O–H groups in total. The second-order valence-corrected chi connectivity index (χ2v) is 6.77. The molecule has 3 rings (SSSR count). The number of methoxy groups -OCH3 is 1. The number of amides is 2. The molecule has 2 amide bonds. The summed E-state index contributed by atoms with van der Waals surface area (Å²) >= 11 is 0. The maximum Gasteiger partial charge on any atom is 0.282 e. The molecule has 0 radical (unpaired) electrons. The summed E-state index contributed by atoms with van der Waals surface area (Å²) in [7, 11) is 1.57. The van der Waals surface area contributed by atoms with E-state index in [9.17, 15) is 9.59 Å². The van der Waals surface area contributed by atoms with Crippen LogP contribution >= 0.6 is 0 Å². The van der Waals surface area contributed by atoms with Gasteiger partial charge in [0.25, 0.3) is 17.4 Å². The lowest BCUT2D eigenvalue weighted by atomic mass is 10.0. The number of benzene rings is 1. The van der Waals surface area contributed by atoms with Gasteiger partial charge in [-0.2, -0.15) is 0 Å². The van der Waals surface area contributed by atoms with Gasteiger partial charge >= 0.3 is 0 Å². The predicted octanol–water partition coefficient (Wildman–Crippen LogP) is 2.69. The average molecular weight is 383 g/mol. The summed E-state index contributed by atoms with van der Waals surface area (Å²) in [6.45, 7) is 4.26. The second kappa shape index (κ2) is 8.29. The van der Waals surface area contributed by atoms with E-state index in [1.807, 2.05) is 31.2 Å². The molecule has 1 aromatic carbocycles. The number of hydrogen-bond acceptors (Lipinski definition) is 5. The number of nitrogens with one attached hydrogen (secondary N) is 1. The Bertz CT molecular complexity index is 870. The lowest BCUT2D eigenvalue weighted by Crippen LogP contribution is -2.62. The quantitative estimate of drug-likeness (QED) is 0.744. The van der Waals surface area contributed by atoms with Gasteiger partial charge < -0.3 is 14.8 Å². The fraction of sp³-hybridized carbons (Fsp3) is 0.381. The van der Waals surface area contributed by atoms with E-state index in [0.717, 1.165) is 18.4 Å². The van der Waals surface area contributed by atoms with E-state index < -0.39 is 17.4 Å². The summed E-state index contributed by atoms with van der Waals surface area (Å²) in [4.78, 5) is 32.0. The molecule has 28 heavy (non-hydrogen) atoms. The lowest BCUT2D eigenvalue weighted by Gasteiger charge is -2.38. The number of para-hydroxylation sites is 1. The summed E-state index contributed by atoms with van der Waals surface area (Å²) in [5.74, 6) is 0.635. The van der Waals surface area contributed by atoms with Gasteiger partial charge in [0.1, 0.15) is 5.75 Å². The van der Waals surface area contributed by atoms with Crippen LogP contribution in [0.5, 0.6) is 11.5 Å². The molecule has 148 valence electrons. The van der Waals surface area contributed by atoms with E-state index in [1.54, 1.807) is 30.3 Å². The normalized spacial score (nSPS) is 18.2. The summed E-state index contributed by atoms with van der Waals surface area (Å²) in [5, 5.41) is 2.81. The van der Waals surface area contributed by atoms with Gasteiger partial charge in [0.05, 0.1) is 7.11 Å². The van der Waals surface area contributed by atoms with Crippen LogP contribution in [0.15, 0.2) is 42.6 Å². The van der Waals surface area contributed by atoms with Crippen LogP contribution in [-0.2, 0) is 16.1 Å². The van der Waals surface area contributed by atoms with Gasteiger partial charge in [0.15, 0.2) is 11.6 Å². The van der Waals surface area contributed by atoms with Crippen molar-refractivity contribution in [3.8, 4) is 11.5 Å². The zero-order chi connectivity index (χ0) is 20.1. The van der Waals surface area contributed by atoms with E-state index in [1.165, 1.54) is 6.92 Å². The van der Waals surface area contributed by atoms with Crippen molar-refractivity contribution in [1.82, 2.24) is 10.3 Å². The van der Waals surface area contributed by atoms with E-state index >= 15 is 0 Å². The monoisotopic (exact) mass is 383 g/mol. The third kappa shape index (κ3) is 3.65. The molecule has 2 aromatic rings. The van der Waals surface area contributed by atoms with Crippen LogP contribution in [0.3, 0.4) is 0 Å². The number of ether oxygens (including phenoxy) is 2. The number of carbonyl (C=O) groups is 2. The van der Waals surface area contributed by atoms with E-state index in [4.69, 9.17) is 9.47 Å². The molecular weight excluding hydrogens is 358 g/mol. The van der Waals surface area contributed by atoms with E-state index in [0.29, 0.717) is 23.9 Å². The average Bonchev–Trinajstić information content (AvgIpc) is 2.72. The number of unbranched alkanes of at least 4 members (excludes halogenated alkanes) is 1. The Balaban J connectivity index is 1.83. The van der Waals surface area contributed by atoms with Gasteiger partial charge in [-0.3, -0.25) is 14.5 Å². The van der Waals surface area contributed by atoms with Crippen LogP contribution in [0.2, 0.25) is 0 Å². The van der Waals surface area contributed by atoms with Gasteiger partial charge in [-0.15, -0.1) is 0 Å². The summed E-state index contributed by atoms with van der Waals surface area (Å²) in [5.41, 5.74) is -0.846. The molecule has 0 saturated heterocycles. The standard InChI is InChI=1S/C21H25N3O4/c1-4-5-13-24-18-17(11-8-12-22-18)28-21(2,20(24)26)19(25)23-14-15-9-6-7-10-16(15)27-3/h6-12H,4-5,13-14H2,1-3H3,(H,23,25). The molecule has 0 aliphatic carbocycles. The minimum atomic E-state index is -1.66. The maximum absolute atomic E-state index is 13.2. The Hall–Kier alpha value is -3.09. The highest BCUT2D eigenvalue weighted by Crippen LogP contribution is 2.36. The number of aromatic nitrogens is 1. The van der Waals surface area contributed by atoms with E-state index in [2.05, 4.69) is 10.3 Å². The van der Waals surface area contributed by atoms with Gasteiger partial charge in [-0.05, 0) is 31.5 Å². The highest BCUT2D eigenvalue weighted by Gasteiger charge is 2.51. The van der Waals surface area contributed by atoms with Crippen molar-refractivity contribution in [3.63, 3.8) is 0 Å². The molecule has 1 aliphatic rings. The zero-order valence-corrected chi connectivity index (χ0v) is 16.4. The van der Waals surface area contributed by atoms with Crippen molar-refractivity contribution < 1.29 is 19.1 Å². The predicted molar refractivity (Wildman–Crippen MR) is 105 cm³/mol. The minimum absolute atomic E-state index is 0.226. The SMILES string of the molecule is CCCCN1C(=O)C(C)(C(=O)NCc2ccccc2OC)Oc2cccnc21. The molecule has 1 aliphatic heterocycles. The zero-order valence-electron chi connectivity index (χ0n) is 16.4. The Labute approximate surface area is 164 Å². The maximum atomic E-state index is 13.2. The molecule has 1 aromatic heterocycles. The first-order valence-corrected chi connectivity index (χ1v) is 9.37. The Morgan fingerprint density at radius 3 is 2.82 bits per heavy atom. The van der Waals surface area contributed by atoms with Crippen molar-refractivity contribution in [1.29, 1.82) is 0 Å². The number of nitrogens with zero attached hydrogens (tertiary/aromatic N) is 2. The van der Waals surface area contributed by atoms with Crippen LogP contribution in [0.4, 0.5) is 5.82 Å². The molecular formula is C21H25N3O4.